The summed E-state index contributed by atoms with van der Waals surface area (Å²) in [4.78, 5) is 22.3. The van der Waals surface area contributed by atoms with Gasteiger partial charge < -0.3 is 8.98 Å². The molecule has 3 aromatic heterocycles. The van der Waals surface area contributed by atoms with Crippen LogP contribution in [0.2, 0.25) is 0 Å². The number of fused-ring (bicyclic) bond motifs is 4. The van der Waals surface area contributed by atoms with Crippen LogP contribution in [-0.2, 0) is 26.2 Å². The molecule has 0 aromatic carbocycles. The Morgan fingerprint density at radius 3 is 2.97 bits per heavy atom. The molecule has 0 aliphatic carbocycles. The fraction of sp³-hybridized carbons (Fsp3) is 0.455. The summed E-state index contributed by atoms with van der Waals surface area (Å²) in [6, 6.07) is 6.20. The molecule has 2 bridgehead atoms. The minimum atomic E-state index is 0.185. The summed E-state index contributed by atoms with van der Waals surface area (Å²) in [7, 11) is 2.04. The molecule has 5 heterocycles. The van der Waals surface area contributed by atoms with E-state index in [0.717, 1.165) is 43.9 Å². The molecule has 29 heavy (non-hydrogen) atoms. The van der Waals surface area contributed by atoms with E-state index in [-0.39, 0.29) is 5.56 Å². The highest BCUT2D eigenvalue weighted by atomic mass is 32.1. The molecule has 0 radical (unpaired) electrons. The molecular formula is C22H26N4O2S. The molecule has 2 atom stereocenters. The normalized spacial score (nSPS) is 21.4. The predicted octanol–water partition coefficient (Wildman–Crippen LogP) is 3.15. The van der Waals surface area contributed by atoms with E-state index in [2.05, 4.69) is 25.4 Å². The van der Waals surface area contributed by atoms with Gasteiger partial charge in [0, 0.05) is 67.0 Å². The molecule has 1 fully saturated rings. The number of thiazole rings is 1. The summed E-state index contributed by atoms with van der Waals surface area (Å²) in [5, 5.41) is 3.22. The zero-order valence-electron chi connectivity index (χ0n) is 16.7. The molecular weight excluding hydrogens is 384 g/mol. The van der Waals surface area contributed by atoms with Crippen LogP contribution in [0.3, 0.4) is 0 Å². The third-order valence-electron chi connectivity index (χ3n) is 6.07. The molecule has 5 rings (SSSR count). The lowest BCUT2D eigenvalue weighted by molar-refractivity contribution is 0.114. The van der Waals surface area contributed by atoms with Gasteiger partial charge in [-0.1, -0.05) is 6.07 Å². The molecule has 6 nitrogen and oxygen atoms in total. The highest BCUT2D eigenvalue weighted by Gasteiger charge is 2.35. The van der Waals surface area contributed by atoms with Crippen molar-refractivity contribution in [2.45, 2.75) is 38.5 Å². The molecule has 0 amide bonds. The molecule has 3 aromatic rings. The lowest BCUT2D eigenvalue weighted by atomic mass is 9.83. The molecule has 0 spiro atoms. The number of piperidine rings is 1. The molecule has 2 aliphatic rings. The highest BCUT2D eigenvalue weighted by Crippen LogP contribution is 2.35. The standard InChI is InChI=1S/C22H26N4O2S/c1-24(9-16-4-6-28-15-16)12-18-2-3-20-19-8-17(11-26(20)22(18)27)10-25(13-19)14-21-23-5-7-29-21/h2-7,15,17,19H,8-14H2,1H3/t17-,19+/m0/s1. The van der Waals surface area contributed by atoms with Gasteiger partial charge >= 0.3 is 0 Å². The third-order valence-corrected chi connectivity index (χ3v) is 6.84. The SMILES string of the molecule is CN(Cc1ccoc1)Cc1ccc2n(c1=O)C[C@H]1C[C@@H]2CN(Cc2nccs2)C1. The molecule has 1 saturated heterocycles. The van der Waals surface area contributed by atoms with Gasteiger partial charge in [0.1, 0.15) is 5.01 Å². The van der Waals surface area contributed by atoms with Crippen molar-refractivity contribution in [3.63, 3.8) is 0 Å². The second kappa shape index (κ2) is 7.89. The smallest absolute Gasteiger partial charge is 0.255 e. The number of hydrogen-bond donors (Lipinski definition) is 0. The Kier molecular flexibility index (Phi) is 5.11. The zero-order chi connectivity index (χ0) is 19.8. The number of nitrogens with zero attached hydrogens (tertiary/aromatic N) is 4. The van der Waals surface area contributed by atoms with Crippen molar-refractivity contribution >= 4 is 11.3 Å². The lowest BCUT2D eigenvalue weighted by Gasteiger charge is -2.42. The van der Waals surface area contributed by atoms with Crippen LogP contribution in [0.25, 0.3) is 0 Å². The Morgan fingerprint density at radius 1 is 1.24 bits per heavy atom. The molecule has 0 N–H and O–H groups in total. The first-order chi connectivity index (χ1) is 14.2. The van der Waals surface area contributed by atoms with Crippen LogP contribution in [0.5, 0.6) is 0 Å². The van der Waals surface area contributed by atoms with Crippen molar-refractivity contribution in [3.05, 3.63) is 74.5 Å². The average molecular weight is 411 g/mol. The van der Waals surface area contributed by atoms with Crippen LogP contribution in [0.4, 0.5) is 0 Å². The number of pyridine rings is 1. The maximum Gasteiger partial charge on any atom is 0.255 e. The average Bonchev–Trinajstić information content (AvgIpc) is 3.39. The third kappa shape index (κ3) is 3.95. The summed E-state index contributed by atoms with van der Waals surface area (Å²) in [5.74, 6) is 0.977. The van der Waals surface area contributed by atoms with Crippen molar-refractivity contribution in [2.24, 2.45) is 5.92 Å². The Labute approximate surface area is 174 Å². The van der Waals surface area contributed by atoms with Gasteiger partial charge in [-0.05, 0) is 31.5 Å². The van der Waals surface area contributed by atoms with Crippen LogP contribution in [0.15, 0.2) is 51.5 Å². The topological polar surface area (TPSA) is 54.5 Å². The van der Waals surface area contributed by atoms with E-state index in [9.17, 15) is 4.79 Å². The van der Waals surface area contributed by atoms with E-state index >= 15 is 0 Å². The summed E-state index contributed by atoms with van der Waals surface area (Å²) >= 11 is 1.72. The Hall–Kier alpha value is -2.22. The molecule has 0 unspecified atom stereocenters. The first-order valence-corrected chi connectivity index (χ1v) is 11.1. The maximum atomic E-state index is 13.2. The number of likely N-dealkylation sites (tertiary alicyclic amines) is 1. The highest BCUT2D eigenvalue weighted by molar-refractivity contribution is 7.09. The van der Waals surface area contributed by atoms with Gasteiger partial charge in [-0.2, -0.15) is 0 Å². The molecule has 0 saturated carbocycles. The van der Waals surface area contributed by atoms with Crippen molar-refractivity contribution < 1.29 is 4.42 Å². The minimum absolute atomic E-state index is 0.185. The number of furan rings is 1. The van der Waals surface area contributed by atoms with Crippen molar-refractivity contribution in [1.82, 2.24) is 19.4 Å². The number of aromatic nitrogens is 2. The molecule has 2 aliphatic heterocycles. The Bertz CT molecular complexity index is 1010. The fourth-order valence-electron chi connectivity index (χ4n) is 4.90. The summed E-state index contributed by atoms with van der Waals surface area (Å²) in [6.07, 6.45) is 6.51. The van der Waals surface area contributed by atoms with Crippen LogP contribution in [0, 0.1) is 5.92 Å². The van der Waals surface area contributed by atoms with Gasteiger partial charge in [-0.3, -0.25) is 14.6 Å². The van der Waals surface area contributed by atoms with Crippen molar-refractivity contribution in [1.29, 1.82) is 0 Å². The van der Waals surface area contributed by atoms with E-state index < -0.39 is 0 Å². The summed E-state index contributed by atoms with van der Waals surface area (Å²) in [5.41, 5.74) is 3.39. The lowest BCUT2D eigenvalue weighted by Crippen LogP contribution is -2.47. The van der Waals surface area contributed by atoms with Crippen molar-refractivity contribution in [2.75, 3.05) is 20.1 Å². The quantitative estimate of drug-likeness (QED) is 0.625. The monoisotopic (exact) mass is 410 g/mol. The first-order valence-electron chi connectivity index (χ1n) is 10.2. The van der Waals surface area contributed by atoms with Crippen LogP contribution in [0.1, 0.15) is 34.2 Å². The minimum Gasteiger partial charge on any atom is -0.472 e. The van der Waals surface area contributed by atoms with Gasteiger partial charge in [0.15, 0.2) is 0 Å². The second-order valence-electron chi connectivity index (χ2n) is 8.42. The van der Waals surface area contributed by atoms with Crippen LogP contribution >= 0.6 is 11.3 Å². The largest absolute Gasteiger partial charge is 0.472 e. The zero-order valence-corrected chi connectivity index (χ0v) is 17.5. The Morgan fingerprint density at radius 2 is 2.17 bits per heavy atom. The summed E-state index contributed by atoms with van der Waals surface area (Å²) < 4.78 is 7.20. The van der Waals surface area contributed by atoms with E-state index in [1.165, 1.54) is 17.1 Å². The van der Waals surface area contributed by atoms with E-state index in [0.29, 0.717) is 18.4 Å². The van der Waals surface area contributed by atoms with Gasteiger partial charge in [0.05, 0.1) is 19.1 Å². The molecule has 7 heteroatoms. The van der Waals surface area contributed by atoms with Gasteiger partial charge in [0.25, 0.3) is 5.56 Å². The van der Waals surface area contributed by atoms with Crippen LogP contribution in [-0.4, -0.2) is 39.5 Å². The molecule has 152 valence electrons. The van der Waals surface area contributed by atoms with Crippen LogP contribution < -0.4 is 5.56 Å². The van der Waals surface area contributed by atoms with E-state index in [1.54, 1.807) is 23.9 Å². The van der Waals surface area contributed by atoms with E-state index in [1.807, 2.05) is 30.8 Å². The fourth-order valence-corrected chi connectivity index (χ4v) is 5.56. The Balaban J connectivity index is 1.32. The van der Waals surface area contributed by atoms with Gasteiger partial charge in [0.2, 0.25) is 0 Å². The van der Waals surface area contributed by atoms with Crippen molar-refractivity contribution in [3.8, 4) is 0 Å². The first kappa shape index (κ1) is 18.8. The number of rotatable bonds is 6. The van der Waals surface area contributed by atoms with Gasteiger partial charge in [-0.15, -0.1) is 11.3 Å². The van der Waals surface area contributed by atoms with E-state index in [4.69, 9.17) is 4.42 Å². The number of hydrogen-bond acceptors (Lipinski definition) is 6. The maximum absolute atomic E-state index is 13.2. The predicted molar refractivity (Wildman–Crippen MR) is 113 cm³/mol. The summed E-state index contributed by atoms with van der Waals surface area (Å²) in [6.45, 7) is 5.23. The van der Waals surface area contributed by atoms with Gasteiger partial charge in [-0.25, -0.2) is 4.98 Å². The second-order valence-corrected chi connectivity index (χ2v) is 9.40.